The number of methoxy groups -OCH3 is 1. The summed E-state index contributed by atoms with van der Waals surface area (Å²) in [5, 5.41) is 18.0. The number of esters is 1. The number of carbonyl (C=O) groups excluding carboxylic acids is 2. The van der Waals surface area contributed by atoms with Crippen LogP contribution in [0, 0.1) is 5.82 Å². The molecule has 3 aromatic rings. The Morgan fingerprint density at radius 2 is 2.07 bits per heavy atom. The van der Waals surface area contributed by atoms with Gasteiger partial charge in [-0.15, -0.1) is 11.3 Å². The third-order valence-corrected chi connectivity index (χ3v) is 8.05. The maximum absolute atomic E-state index is 14.1. The molecule has 12 nitrogen and oxygen atoms in total. The standard InChI is InChI=1S/C27H24ClF3N6O6S/c1-42-26(41)34-27(13-43-20(40)5-4-19(38)39)11-18-21(17-6-8-37(35-17)25(30)31)22(15-3-2-14(29)10-16(15)28)33-23(36(18)12-27)24-32-7-9-44-24/h2-3,6-10,22,25H,4-5,11-13H2,1H3,(H,34,41)(H,38,39)/t22-,27+/m0/s1. The van der Waals surface area contributed by atoms with E-state index in [0.717, 1.165) is 19.4 Å². The molecular formula is C27H24ClF3N6O6S. The average Bonchev–Trinajstić information content (AvgIpc) is 3.75. The highest BCUT2D eigenvalue weighted by Gasteiger charge is 2.50. The topological polar surface area (TPSA) is 148 Å². The van der Waals surface area contributed by atoms with Crippen LogP contribution >= 0.6 is 22.9 Å². The third-order valence-electron chi connectivity index (χ3n) is 6.95. The normalized spacial score (nSPS) is 19.5. The molecule has 1 fully saturated rings. The molecule has 2 atom stereocenters. The number of fused-ring (bicyclic) bond motifs is 1. The Hall–Kier alpha value is -4.44. The molecular weight excluding hydrogens is 629 g/mol. The van der Waals surface area contributed by atoms with Crippen molar-refractivity contribution in [2.24, 2.45) is 4.99 Å². The quantitative estimate of drug-likeness (QED) is 0.299. The van der Waals surface area contributed by atoms with Crippen LogP contribution in [0.2, 0.25) is 5.02 Å². The predicted molar refractivity (Wildman–Crippen MR) is 151 cm³/mol. The van der Waals surface area contributed by atoms with Crippen LogP contribution in [-0.4, -0.2) is 74.4 Å². The fourth-order valence-corrected chi connectivity index (χ4v) is 5.95. The minimum atomic E-state index is -2.94. The number of aliphatic imine (C=N–C) groups is 1. The molecule has 0 bridgehead atoms. The number of thiazole rings is 1. The van der Waals surface area contributed by atoms with Gasteiger partial charge in [0.1, 0.15) is 24.0 Å². The van der Waals surface area contributed by atoms with Crippen molar-refractivity contribution in [1.29, 1.82) is 0 Å². The number of amidine groups is 1. The van der Waals surface area contributed by atoms with Crippen LogP contribution in [0.15, 0.2) is 52.7 Å². The maximum Gasteiger partial charge on any atom is 0.407 e. The van der Waals surface area contributed by atoms with E-state index >= 15 is 0 Å². The number of hydrogen-bond donors (Lipinski definition) is 2. The number of ether oxygens (including phenoxy) is 2. The van der Waals surface area contributed by atoms with Gasteiger partial charge in [0.25, 0.3) is 0 Å². The van der Waals surface area contributed by atoms with Crippen molar-refractivity contribution in [2.45, 2.75) is 37.4 Å². The molecule has 2 aromatic heterocycles. The van der Waals surface area contributed by atoms with E-state index in [4.69, 9.17) is 31.2 Å². The molecule has 232 valence electrons. The summed E-state index contributed by atoms with van der Waals surface area (Å²) in [5.41, 5.74) is -0.0754. The van der Waals surface area contributed by atoms with Crippen LogP contribution < -0.4 is 5.32 Å². The van der Waals surface area contributed by atoms with E-state index in [2.05, 4.69) is 15.4 Å². The van der Waals surface area contributed by atoms with E-state index in [1.54, 1.807) is 16.5 Å². The van der Waals surface area contributed by atoms with Crippen molar-refractivity contribution in [3.8, 4) is 0 Å². The number of carboxylic acid groups (broad SMARTS) is 1. The monoisotopic (exact) mass is 652 g/mol. The highest BCUT2D eigenvalue weighted by molar-refractivity contribution is 7.11. The van der Waals surface area contributed by atoms with E-state index in [0.29, 0.717) is 32.4 Å². The van der Waals surface area contributed by atoms with Gasteiger partial charge in [0, 0.05) is 46.1 Å². The summed E-state index contributed by atoms with van der Waals surface area (Å²) < 4.78 is 52.0. The number of carbonyl (C=O) groups is 3. The number of benzene rings is 1. The van der Waals surface area contributed by atoms with Gasteiger partial charge in [-0.2, -0.15) is 13.9 Å². The first-order valence-electron chi connectivity index (χ1n) is 13.0. The average molecular weight is 653 g/mol. The zero-order valence-corrected chi connectivity index (χ0v) is 24.4. The van der Waals surface area contributed by atoms with Crippen molar-refractivity contribution in [2.75, 3.05) is 20.3 Å². The molecule has 0 saturated carbocycles. The number of nitrogens with one attached hydrogen (secondary N) is 1. The number of hydrogen-bond acceptors (Lipinski definition) is 10. The lowest BCUT2D eigenvalue weighted by Gasteiger charge is -2.32. The van der Waals surface area contributed by atoms with E-state index in [1.807, 2.05) is 0 Å². The van der Waals surface area contributed by atoms with Gasteiger partial charge in [-0.3, -0.25) is 14.6 Å². The molecule has 4 heterocycles. The Kier molecular flexibility index (Phi) is 8.92. The second-order valence-corrected chi connectivity index (χ2v) is 11.2. The summed E-state index contributed by atoms with van der Waals surface area (Å²) in [6, 6.07) is 4.14. The summed E-state index contributed by atoms with van der Waals surface area (Å²) in [6.07, 6.45) is 0.924. The van der Waals surface area contributed by atoms with Gasteiger partial charge in [-0.05, 0) is 18.2 Å². The molecule has 2 aliphatic rings. The number of nitrogens with zero attached hydrogens (tertiary/aromatic N) is 5. The zero-order chi connectivity index (χ0) is 31.6. The second kappa shape index (κ2) is 12.7. The Balaban J connectivity index is 1.67. The molecule has 2 N–H and O–H groups in total. The lowest BCUT2D eigenvalue weighted by Crippen LogP contribution is -2.54. The predicted octanol–water partition coefficient (Wildman–Crippen LogP) is 4.65. The molecule has 0 unspecified atom stereocenters. The van der Waals surface area contributed by atoms with Crippen LogP contribution in [0.1, 0.15) is 48.1 Å². The summed E-state index contributed by atoms with van der Waals surface area (Å²) in [4.78, 5) is 46.9. The molecule has 2 aliphatic heterocycles. The highest BCUT2D eigenvalue weighted by atomic mass is 35.5. The fraction of sp³-hybridized carbons (Fsp3) is 0.333. The largest absolute Gasteiger partial charge is 0.481 e. The third kappa shape index (κ3) is 6.40. The van der Waals surface area contributed by atoms with Gasteiger partial charge in [-0.25, -0.2) is 18.9 Å². The lowest BCUT2D eigenvalue weighted by molar-refractivity contribution is -0.149. The summed E-state index contributed by atoms with van der Waals surface area (Å²) >= 11 is 7.75. The minimum absolute atomic E-state index is 0.0291. The van der Waals surface area contributed by atoms with Gasteiger partial charge >= 0.3 is 24.6 Å². The number of aliphatic carboxylic acids is 1. The molecule has 0 aliphatic carbocycles. The Labute approximate surface area is 256 Å². The van der Waals surface area contributed by atoms with Crippen molar-refractivity contribution in [1.82, 2.24) is 25.0 Å². The van der Waals surface area contributed by atoms with Gasteiger partial charge in [0.05, 0.1) is 32.2 Å². The molecule has 1 amide bonds. The maximum atomic E-state index is 14.1. The van der Waals surface area contributed by atoms with Crippen LogP contribution in [0.25, 0.3) is 5.57 Å². The number of carboxylic acids is 1. The smallest absolute Gasteiger partial charge is 0.407 e. The van der Waals surface area contributed by atoms with Crippen LogP contribution in [0.4, 0.5) is 18.0 Å². The second-order valence-electron chi connectivity index (χ2n) is 9.89. The van der Waals surface area contributed by atoms with E-state index < -0.39 is 61.4 Å². The van der Waals surface area contributed by atoms with Crippen molar-refractivity contribution in [3.05, 3.63) is 74.8 Å². The molecule has 0 radical (unpaired) electrons. The molecule has 0 spiro atoms. The summed E-state index contributed by atoms with van der Waals surface area (Å²) in [7, 11) is 1.15. The minimum Gasteiger partial charge on any atom is -0.481 e. The Bertz CT molecular complexity index is 1650. The zero-order valence-electron chi connectivity index (χ0n) is 22.9. The van der Waals surface area contributed by atoms with Gasteiger partial charge in [0.15, 0.2) is 10.8 Å². The van der Waals surface area contributed by atoms with Crippen molar-refractivity contribution < 1.29 is 42.1 Å². The Morgan fingerprint density at radius 3 is 2.70 bits per heavy atom. The number of alkyl halides is 2. The van der Waals surface area contributed by atoms with Crippen LogP contribution in [-0.2, 0) is 19.1 Å². The fourth-order valence-electron chi connectivity index (χ4n) is 5.04. The van der Waals surface area contributed by atoms with Crippen LogP contribution in [0.5, 0.6) is 0 Å². The molecule has 5 rings (SSSR count). The van der Waals surface area contributed by atoms with Gasteiger partial charge in [0.2, 0.25) is 0 Å². The number of alkyl carbamates (subject to hydrolysis) is 1. The van der Waals surface area contributed by atoms with Crippen molar-refractivity contribution in [3.63, 3.8) is 0 Å². The van der Waals surface area contributed by atoms with Gasteiger partial charge < -0.3 is 24.8 Å². The lowest BCUT2D eigenvalue weighted by atomic mass is 9.90. The molecule has 17 heteroatoms. The molecule has 44 heavy (non-hydrogen) atoms. The number of halogens is 4. The van der Waals surface area contributed by atoms with Crippen molar-refractivity contribution >= 4 is 52.4 Å². The highest BCUT2D eigenvalue weighted by Crippen LogP contribution is 2.48. The summed E-state index contributed by atoms with van der Waals surface area (Å²) in [6.45, 7) is -3.37. The number of amides is 1. The number of aromatic nitrogens is 3. The van der Waals surface area contributed by atoms with E-state index in [-0.39, 0.29) is 23.7 Å². The SMILES string of the molecule is COC(=O)N[C@]1(COC(=O)CCC(=O)O)CC2=C(c3ccn(C(F)F)n3)[C@H](c3ccc(F)cc3Cl)N=C(c3nccs3)N2C1. The van der Waals surface area contributed by atoms with Crippen LogP contribution in [0.3, 0.4) is 0 Å². The molecule has 1 aromatic carbocycles. The first-order valence-corrected chi connectivity index (χ1v) is 14.3. The first kappa shape index (κ1) is 31.0. The van der Waals surface area contributed by atoms with E-state index in [1.165, 1.54) is 29.5 Å². The summed E-state index contributed by atoms with van der Waals surface area (Å²) in [5.74, 6) is -2.25. The van der Waals surface area contributed by atoms with E-state index in [9.17, 15) is 27.6 Å². The number of rotatable bonds is 10. The molecule has 1 saturated heterocycles. The first-order chi connectivity index (χ1) is 21.0. The van der Waals surface area contributed by atoms with Gasteiger partial charge in [-0.1, -0.05) is 17.7 Å². The Morgan fingerprint density at radius 1 is 1.27 bits per heavy atom.